The van der Waals surface area contributed by atoms with Gasteiger partial charge in [-0.15, -0.1) is 45.3 Å². The molecule has 0 unspecified atom stereocenters. The van der Waals surface area contributed by atoms with Gasteiger partial charge < -0.3 is 9.80 Å². The normalized spacial score (nSPS) is 10.9. The molecule has 0 saturated heterocycles. The molecule has 4 aromatic rings. The van der Waals surface area contributed by atoms with Crippen LogP contribution in [0.4, 0.5) is 0 Å². The van der Waals surface area contributed by atoms with E-state index in [0.29, 0.717) is 45.4 Å². The fourth-order valence-electron chi connectivity index (χ4n) is 3.53. The van der Waals surface area contributed by atoms with Gasteiger partial charge in [0.15, 0.2) is 0 Å². The van der Waals surface area contributed by atoms with Gasteiger partial charge in [-0.2, -0.15) is 0 Å². The van der Waals surface area contributed by atoms with Crippen LogP contribution in [-0.4, -0.2) is 21.6 Å². The minimum Gasteiger partial charge on any atom is -0.332 e. The molecule has 0 aromatic carbocycles. The van der Waals surface area contributed by atoms with E-state index in [0.717, 1.165) is 0 Å². The Kier molecular flexibility index (Phi) is 8.88. The van der Waals surface area contributed by atoms with Crippen LogP contribution in [0.3, 0.4) is 0 Å². The SMILES string of the molecule is O=C(CCCC(=O)N(Cc1cccs1)Cc1cccs1)N(Cc1cccs1)Cc1cccs1. The molecule has 0 atom stereocenters. The Labute approximate surface area is 210 Å². The molecule has 0 saturated carbocycles. The molecule has 172 valence electrons. The van der Waals surface area contributed by atoms with Crippen molar-refractivity contribution >= 4 is 57.2 Å². The molecule has 0 fully saturated rings. The number of hydrogen-bond acceptors (Lipinski definition) is 6. The summed E-state index contributed by atoms with van der Waals surface area (Å²) in [4.78, 5) is 34.7. The molecule has 33 heavy (non-hydrogen) atoms. The zero-order chi connectivity index (χ0) is 22.9. The molecule has 0 bridgehead atoms. The van der Waals surface area contributed by atoms with E-state index in [2.05, 4.69) is 24.3 Å². The monoisotopic (exact) mass is 514 g/mol. The average molecular weight is 515 g/mol. The van der Waals surface area contributed by atoms with Crippen molar-refractivity contribution in [1.29, 1.82) is 0 Å². The van der Waals surface area contributed by atoms with Crippen molar-refractivity contribution in [3.05, 3.63) is 89.6 Å². The van der Waals surface area contributed by atoms with Gasteiger partial charge in [0.25, 0.3) is 0 Å². The Morgan fingerprint density at radius 1 is 0.545 bits per heavy atom. The van der Waals surface area contributed by atoms with Crippen LogP contribution in [0, 0.1) is 0 Å². The molecule has 0 aliphatic heterocycles. The van der Waals surface area contributed by atoms with E-state index >= 15 is 0 Å². The summed E-state index contributed by atoms with van der Waals surface area (Å²) in [6.45, 7) is 2.47. The molecule has 4 aromatic heterocycles. The van der Waals surface area contributed by atoms with Gasteiger partial charge in [-0.1, -0.05) is 24.3 Å². The predicted octanol–water partition coefficient (Wildman–Crippen LogP) is 6.86. The van der Waals surface area contributed by atoms with E-state index in [9.17, 15) is 9.59 Å². The lowest BCUT2D eigenvalue weighted by Gasteiger charge is -2.23. The van der Waals surface area contributed by atoms with Crippen molar-refractivity contribution in [2.45, 2.75) is 45.4 Å². The smallest absolute Gasteiger partial charge is 0.223 e. The maximum Gasteiger partial charge on any atom is 0.223 e. The standard InChI is InChI=1S/C25H26N2O2S4/c28-24(26(16-20-6-2-12-30-20)17-21-7-3-13-31-21)10-1-11-25(29)27(18-22-8-4-14-32-22)19-23-9-5-15-33-23/h2-9,12-15H,1,10-11,16-19H2. The van der Waals surface area contributed by atoms with Crippen LogP contribution >= 0.6 is 45.3 Å². The second kappa shape index (κ2) is 12.3. The number of hydrogen-bond donors (Lipinski definition) is 0. The van der Waals surface area contributed by atoms with Crippen molar-refractivity contribution in [2.75, 3.05) is 0 Å². The quantitative estimate of drug-likeness (QED) is 0.207. The van der Waals surface area contributed by atoms with Gasteiger partial charge in [0.1, 0.15) is 0 Å². The Morgan fingerprint density at radius 3 is 1.09 bits per heavy atom. The molecular formula is C25H26N2O2S4. The van der Waals surface area contributed by atoms with Gasteiger partial charge >= 0.3 is 0 Å². The number of carbonyl (C=O) groups is 2. The first-order chi connectivity index (χ1) is 16.2. The molecule has 8 heteroatoms. The lowest BCUT2D eigenvalue weighted by molar-refractivity contribution is -0.134. The molecule has 0 N–H and O–H groups in total. The second-order valence-electron chi connectivity index (χ2n) is 7.67. The van der Waals surface area contributed by atoms with Crippen LogP contribution < -0.4 is 0 Å². The summed E-state index contributed by atoms with van der Waals surface area (Å²) < 4.78 is 0. The van der Waals surface area contributed by atoms with Gasteiger partial charge in [0.2, 0.25) is 11.8 Å². The molecule has 0 radical (unpaired) electrons. The van der Waals surface area contributed by atoms with Crippen LogP contribution in [0.2, 0.25) is 0 Å². The van der Waals surface area contributed by atoms with E-state index in [1.807, 2.05) is 55.6 Å². The first kappa shape index (κ1) is 23.9. The zero-order valence-electron chi connectivity index (χ0n) is 18.2. The fraction of sp³-hybridized carbons (Fsp3) is 0.280. The minimum atomic E-state index is 0.104. The van der Waals surface area contributed by atoms with Crippen molar-refractivity contribution in [1.82, 2.24) is 9.80 Å². The third kappa shape index (κ3) is 7.37. The summed E-state index contributed by atoms with van der Waals surface area (Å²) in [6, 6.07) is 16.3. The molecule has 0 aliphatic carbocycles. The van der Waals surface area contributed by atoms with Crippen LogP contribution in [0.1, 0.15) is 38.8 Å². The number of rotatable bonds is 12. The van der Waals surface area contributed by atoms with E-state index in [1.54, 1.807) is 45.3 Å². The summed E-state index contributed by atoms with van der Waals surface area (Å²) in [5.41, 5.74) is 0. The highest BCUT2D eigenvalue weighted by Crippen LogP contribution is 2.21. The summed E-state index contributed by atoms with van der Waals surface area (Å²) in [5.74, 6) is 0.209. The molecule has 0 aliphatic rings. The Hall–Kier alpha value is -2.26. The molecule has 0 spiro atoms. The van der Waals surface area contributed by atoms with E-state index < -0.39 is 0 Å². The van der Waals surface area contributed by atoms with Crippen LogP contribution in [0.15, 0.2) is 70.1 Å². The van der Waals surface area contributed by atoms with E-state index in [1.165, 1.54) is 19.5 Å². The van der Waals surface area contributed by atoms with Gasteiger partial charge in [0, 0.05) is 32.4 Å². The highest BCUT2D eigenvalue weighted by Gasteiger charge is 2.19. The third-order valence-electron chi connectivity index (χ3n) is 5.19. The number of nitrogens with zero attached hydrogens (tertiary/aromatic N) is 2. The van der Waals surface area contributed by atoms with Crippen LogP contribution in [0.25, 0.3) is 0 Å². The Balaban J connectivity index is 1.33. The summed E-state index contributed by atoms with van der Waals surface area (Å²) in [6.07, 6.45) is 1.33. The molecular weight excluding hydrogens is 489 g/mol. The Bertz CT molecular complexity index is 927. The number of amides is 2. The second-order valence-corrected chi connectivity index (χ2v) is 11.8. The number of carbonyl (C=O) groups excluding carboxylic acids is 2. The van der Waals surface area contributed by atoms with Gasteiger partial charge in [-0.05, 0) is 52.2 Å². The maximum absolute atomic E-state index is 13.1. The molecule has 2 amide bonds. The maximum atomic E-state index is 13.1. The first-order valence-corrected chi connectivity index (χ1v) is 14.3. The van der Waals surface area contributed by atoms with Crippen molar-refractivity contribution in [3.8, 4) is 0 Å². The highest BCUT2D eigenvalue weighted by molar-refractivity contribution is 7.10. The van der Waals surface area contributed by atoms with E-state index in [4.69, 9.17) is 0 Å². The first-order valence-electron chi connectivity index (χ1n) is 10.8. The highest BCUT2D eigenvalue weighted by atomic mass is 32.1. The predicted molar refractivity (Wildman–Crippen MR) is 140 cm³/mol. The van der Waals surface area contributed by atoms with Crippen LogP contribution in [0.5, 0.6) is 0 Å². The molecule has 4 heterocycles. The lowest BCUT2D eigenvalue weighted by Crippen LogP contribution is -2.31. The van der Waals surface area contributed by atoms with Crippen LogP contribution in [-0.2, 0) is 35.8 Å². The molecule has 4 rings (SSSR count). The Morgan fingerprint density at radius 2 is 0.848 bits per heavy atom. The summed E-state index contributed by atoms with van der Waals surface area (Å²) in [5, 5.41) is 8.16. The van der Waals surface area contributed by atoms with E-state index in [-0.39, 0.29) is 11.8 Å². The topological polar surface area (TPSA) is 40.6 Å². The summed E-state index contributed by atoms with van der Waals surface area (Å²) in [7, 11) is 0. The summed E-state index contributed by atoms with van der Waals surface area (Å²) >= 11 is 6.67. The van der Waals surface area contributed by atoms with Gasteiger partial charge in [-0.3, -0.25) is 9.59 Å². The third-order valence-corrected chi connectivity index (χ3v) is 8.64. The fourth-order valence-corrected chi connectivity index (χ4v) is 6.41. The number of thiophene rings is 4. The largest absolute Gasteiger partial charge is 0.332 e. The van der Waals surface area contributed by atoms with Crippen molar-refractivity contribution in [2.24, 2.45) is 0 Å². The van der Waals surface area contributed by atoms with Gasteiger partial charge in [0.05, 0.1) is 26.2 Å². The average Bonchev–Trinajstić information content (AvgIpc) is 3.62. The minimum absolute atomic E-state index is 0.104. The van der Waals surface area contributed by atoms with Gasteiger partial charge in [-0.25, -0.2) is 0 Å². The zero-order valence-corrected chi connectivity index (χ0v) is 21.5. The van der Waals surface area contributed by atoms with Crippen molar-refractivity contribution < 1.29 is 9.59 Å². The molecule has 4 nitrogen and oxygen atoms in total. The van der Waals surface area contributed by atoms with Crippen molar-refractivity contribution in [3.63, 3.8) is 0 Å². The lowest BCUT2D eigenvalue weighted by atomic mass is 10.2.